The van der Waals surface area contributed by atoms with E-state index >= 15 is 0 Å². The highest BCUT2D eigenvalue weighted by atomic mass is 32.1. The third kappa shape index (κ3) is 10.6. The first kappa shape index (κ1) is 35.0. The third-order valence-corrected chi connectivity index (χ3v) is 6.27. The normalized spacial score (nSPS) is 13.5. The van der Waals surface area contributed by atoms with Crippen LogP contribution in [-0.4, -0.2) is 62.9 Å². The summed E-state index contributed by atoms with van der Waals surface area (Å²) in [5.41, 5.74) is -0.508. The molecule has 3 amide bonds. The number of amides is 3. The Balaban J connectivity index is 2.54. The number of ether oxygens (including phenoxy) is 2. The number of phenols is 1. The summed E-state index contributed by atoms with van der Waals surface area (Å²) in [7, 11) is 0. The number of carbonyl (C=O) groups is 4. The molecule has 0 radical (unpaired) electrons. The molecule has 11 heteroatoms. The van der Waals surface area contributed by atoms with E-state index in [0.29, 0.717) is 5.56 Å². The number of esters is 1. The molecule has 2 aromatic carbocycles. The predicted octanol–water partition coefficient (Wildman–Crippen LogP) is 4.05. The smallest absolute Gasteiger partial charge is 0.408 e. The molecule has 3 unspecified atom stereocenters. The lowest BCUT2D eigenvalue weighted by atomic mass is 9.98. The second kappa shape index (κ2) is 14.8. The van der Waals surface area contributed by atoms with Gasteiger partial charge in [-0.25, -0.2) is 9.59 Å². The van der Waals surface area contributed by atoms with Crippen molar-refractivity contribution in [2.45, 2.75) is 84.2 Å². The average molecular weight is 612 g/mol. The molecule has 0 spiro atoms. The molecule has 0 saturated heterocycles. The lowest BCUT2D eigenvalue weighted by molar-refractivity contribution is -0.159. The number of para-hydroxylation sites is 1. The van der Waals surface area contributed by atoms with Crippen molar-refractivity contribution in [3.63, 3.8) is 0 Å². The molecule has 0 bridgehead atoms. The van der Waals surface area contributed by atoms with Crippen molar-refractivity contribution in [3.8, 4) is 18.2 Å². The molecule has 0 saturated carbocycles. The van der Waals surface area contributed by atoms with E-state index in [4.69, 9.17) is 15.9 Å². The van der Waals surface area contributed by atoms with Crippen molar-refractivity contribution in [3.05, 3.63) is 65.2 Å². The monoisotopic (exact) mass is 611 g/mol. The molecule has 0 heterocycles. The standard InChI is InChI=1S/C32H41N3O7S/c1-9-35(28(38)24(19-43)34-30(40)42-32(6,7)8)25(22-17-13-14-20(2)26(22)36)27(37)33-23(29(39)41-31(3,4)5)18-21-15-11-10-12-16-21/h1,10-17,23-25,36,43H,18-19H2,2-8H3,(H,33,37)(H,34,40). The Kier molecular flexibility index (Phi) is 12.1. The van der Waals surface area contributed by atoms with E-state index in [0.717, 1.165) is 10.5 Å². The van der Waals surface area contributed by atoms with Crippen molar-refractivity contribution < 1.29 is 33.8 Å². The average Bonchev–Trinajstić information content (AvgIpc) is 2.90. The van der Waals surface area contributed by atoms with E-state index in [1.165, 1.54) is 6.07 Å². The first-order valence-electron chi connectivity index (χ1n) is 13.7. The van der Waals surface area contributed by atoms with E-state index in [1.54, 1.807) is 84.9 Å². The summed E-state index contributed by atoms with van der Waals surface area (Å²) >= 11 is 4.20. The number of alkyl carbamates (subject to hydrolysis) is 1. The maximum Gasteiger partial charge on any atom is 0.408 e. The van der Waals surface area contributed by atoms with Crippen LogP contribution in [0.2, 0.25) is 0 Å². The number of rotatable bonds is 10. The number of hydrogen-bond acceptors (Lipinski definition) is 8. The predicted molar refractivity (Wildman–Crippen MR) is 166 cm³/mol. The van der Waals surface area contributed by atoms with E-state index in [2.05, 4.69) is 29.3 Å². The number of nitrogens with zero attached hydrogens (tertiary/aromatic N) is 1. The Morgan fingerprint density at radius 1 is 0.930 bits per heavy atom. The van der Waals surface area contributed by atoms with Crippen LogP contribution < -0.4 is 10.6 Å². The maximum atomic E-state index is 14.1. The Morgan fingerprint density at radius 2 is 1.53 bits per heavy atom. The summed E-state index contributed by atoms with van der Waals surface area (Å²) in [6.45, 7) is 11.7. The van der Waals surface area contributed by atoms with Gasteiger partial charge in [-0.05, 0) is 59.6 Å². The molecule has 0 aliphatic heterocycles. The third-order valence-electron chi connectivity index (χ3n) is 5.91. The number of phenolic OH excluding ortho intramolecular Hbond substituents is 1. The zero-order valence-corrected chi connectivity index (χ0v) is 26.5. The minimum atomic E-state index is -1.60. The zero-order valence-electron chi connectivity index (χ0n) is 25.6. The Labute approximate surface area is 258 Å². The quantitative estimate of drug-likeness (QED) is 0.138. The number of aryl methyl sites for hydroxylation is 1. The molecule has 2 aromatic rings. The van der Waals surface area contributed by atoms with Crippen molar-refractivity contribution in [1.29, 1.82) is 0 Å². The van der Waals surface area contributed by atoms with Crippen LogP contribution >= 0.6 is 12.6 Å². The van der Waals surface area contributed by atoms with Crippen LogP contribution in [0.3, 0.4) is 0 Å². The fourth-order valence-corrected chi connectivity index (χ4v) is 4.28. The highest BCUT2D eigenvalue weighted by Crippen LogP contribution is 2.32. The van der Waals surface area contributed by atoms with Crippen LogP contribution in [0.25, 0.3) is 0 Å². The van der Waals surface area contributed by atoms with Gasteiger partial charge in [0, 0.05) is 23.8 Å². The second-order valence-corrected chi connectivity index (χ2v) is 12.3. The molecule has 3 N–H and O–H groups in total. The highest BCUT2D eigenvalue weighted by Gasteiger charge is 2.39. The fourth-order valence-electron chi connectivity index (χ4n) is 4.04. The van der Waals surface area contributed by atoms with Gasteiger partial charge in [0.1, 0.15) is 29.0 Å². The number of thiol groups is 1. The molecule has 0 aliphatic carbocycles. The molecule has 232 valence electrons. The topological polar surface area (TPSA) is 134 Å². The summed E-state index contributed by atoms with van der Waals surface area (Å²) in [4.78, 5) is 54.3. The number of hydrogen-bond donors (Lipinski definition) is 4. The Morgan fingerprint density at radius 3 is 2.07 bits per heavy atom. The van der Waals surface area contributed by atoms with E-state index in [-0.39, 0.29) is 23.5 Å². The minimum Gasteiger partial charge on any atom is -0.507 e. The van der Waals surface area contributed by atoms with Crippen molar-refractivity contribution >= 4 is 36.5 Å². The van der Waals surface area contributed by atoms with Crippen LogP contribution in [0.4, 0.5) is 4.79 Å². The molecular weight excluding hydrogens is 570 g/mol. The number of benzene rings is 2. The number of aromatic hydroxyl groups is 1. The molecule has 2 rings (SSSR count). The summed E-state index contributed by atoms with van der Waals surface area (Å²) in [5, 5.41) is 16.1. The minimum absolute atomic E-state index is 0.0154. The number of carbonyl (C=O) groups excluding carboxylic acids is 4. The SMILES string of the molecule is C#CN(C(=O)C(CS)NC(=O)OC(C)(C)C)C(C(=O)NC(Cc1ccccc1)C(=O)OC(C)(C)C)c1cccc(C)c1O. The van der Waals surface area contributed by atoms with Gasteiger partial charge in [0.2, 0.25) is 5.91 Å². The van der Waals surface area contributed by atoms with Gasteiger partial charge < -0.3 is 25.2 Å². The van der Waals surface area contributed by atoms with Crippen molar-refractivity contribution in [2.75, 3.05) is 5.75 Å². The molecule has 0 fully saturated rings. The molecule has 10 nitrogen and oxygen atoms in total. The summed E-state index contributed by atoms with van der Waals surface area (Å²) in [6.07, 6.45) is 4.99. The fraction of sp³-hybridized carbons (Fsp3) is 0.438. The van der Waals surface area contributed by atoms with Gasteiger partial charge in [-0.3, -0.25) is 14.5 Å². The van der Waals surface area contributed by atoms with E-state index < -0.39 is 53.2 Å². The lowest BCUT2D eigenvalue weighted by Crippen LogP contribution is -2.54. The first-order valence-corrected chi connectivity index (χ1v) is 14.4. The van der Waals surface area contributed by atoms with Gasteiger partial charge in [0.25, 0.3) is 5.91 Å². The molecule has 3 atom stereocenters. The van der Waals surface area contributed by atoms with Crippen LogP contribution in [0.1, 0.15) is 64.3 Å². The summed E-state index contributed by atoms with van der Waals surface area (Å²) in [6, 6.07) is 11.8. The van der Waals surface area contributed by atoms with Crippen LogP contribution in [-0.2, 0) is 30.3 Å². The van der Waals surface area contributed by atoms with Crippen molar-refractivity contribution in [2.24, 2.45) is 0 Å². The van der Waals surface area contributed by atoms with E-state index in [9.17, 15) is 24.3 Å². The number of nitrogens with one attached hydrogen (secondary N) is 2. The van der Waals surface area contributed by atoms with Crippen LogP contribution in [0.15, 0.2) is 48.5 Å². The van der Waals surface area contributed by atoms with E-state index in [1.807, 2.05) is 6.07 Å². The summed E-state index contributed by atoms with van der Waals surface area (Å²) in [5.74, 6) is -2.86. The number of terminal acetylenes is 1. The molecular formula is C32H41N3O7S. The molecule has 43 heavy (non-hydrogen) atoms. The van der Waals surface area contributed by atoms with Crippen LogP contribution in [0.5, 0.6) is 5.75 Å². The van der Waals surface area contributed by atoms with Gasteiger partial charge >= 0.3 is 12.1 Å². The first-order chi connectivity index (χ1) is 20.0. The molecule has 0 aliphatic rings. The zero-order chi connectivity index (χ0) is 32.5. The van der Waals surface area contributed by atoms with Gasteiger partial charge in [-0.15, -0.1) is 0 Å². The summed E-state index contributed by atoms with van der Waals surface area (Å²) < 4.78 is 10.8. The highest BCUT2D eigenvalue weighted by molar-refractivity contribution is 7.80. The van der Waals surface area contributed by atoms with Crippen LogP contribution in [0, 0.1) is 19.4 Å². The largest absolute Gasteiger partial charge is 0.507 e. The Hall–Kier alpha value is -4.17. The van der Waals surface area contributed by atoms with Gasteiger partial charge in [-0.2, -0.15) is 12.6 Å². The lowest BCUT2D eigenvalue weighted by Gasteiger charge is -2.32. The maximum absolute atomic E-state index is 14.1. The van der Waals surface area contributed by atoms with Gasteiger partial charge in [0.05, 0.1) is 0 Å². The second-order valence-electron chi connectivity index (χ2n) is 11.9. The molecule has 0 aromatic heterocycles. The van der Waals surface area contributed by atoms with Crippen molar-refractivity contribution in [1.82, 2.24) is 15.5 Å². The van der Waals surface area contributed by atoms with Gasteiger partial charge in [-0.1, -0.05) is 55.0 Å². The van der Waals surface area contributed by atoms with Gasteiger partial charge in [0.15, 0.2) is 6.04 Å². The Bertz CT molecular complexity index is 1340.